The van der Waals surface area contributed by atoms with Crippen LogP contribution in [0.15, 0.2) is 42.7 Å². The minimum Gasteiger partial charge on any atom is -0.490 e. The second kappa shape index (κ2) is 12.7. The molecule has 7 nitrogen and oxygen atoms in total. The van der Waals surface area contributed by atoms with Crippen molar-refractivity contribution in [3.05, 3.63) is 70.8 Å². The van der Waals surface area contributed by atoms with E-state index in [1.165, 1.54) is 0 Å². The van der Waals surface area contributed by atoms with Gasteiger partial charge in [-0.3, -0.25) is 9.78 Å². The fourth-order valence-electron chi connectivity index (χ4n) is 3.62. The molecule has 0 saturated carbocycles. The summed E-state index contributed by atoms with van der Waals surface area (Å²) in [6.07, 6.45) is 3.69. The number of amides is 1. The number of aromatic nitrogens is 3. The lowest BCUT2D eigenvalue weighted by Crippen LogP contribution is -2.27. The summed E-state index contributed by atoms with van der Waals surface area (Å²) in [6, 6.07) is 11.0. The molecule has 3 heterocycles. The number of fused-ring (bicyclic) bond motifs is 1. The van der Waals surface area contributed by atoms with Gasteiger partial charge in [0.1, 0.15) is 5.75 Å². The Hall–Kier alpha value is -3.66. The molecule has 3 aromatic rings. The van der Waals surface area contributed by atoms with Gasteiger partial charge in [0, 0.05) is 30.2 Å². The maximum atomic E-state index is 13.3. The van der Waals surface area contributed by atoms with E-state index in [-0.39, 0.29) is 12.0 Å². The van der Waals surface area contributed by atoms with E-state index >= 15 is 0 Å². The van der Waals surface area contributed by atoms with Gasteiger partial charge in [-0.25, -0.2) is 4.68 Å². The predicted octanol–water partition coefficient (Wildman–Crippen LogP) is 6.26. The molecule has 1 aliphatic heterocycles. The van der Waals surface area contributed by atoms with Gasteiger partial charge in [0.2, 0.25) is 0 Å². The van der Waals surface area contributed by atoms with E-state index in [0.29, 0.717) is 35.9 Å². The third-order valence-corrected chi connectivity index (χ3v) is 5.19. The van der Waals surface area contributed by atoms with Gasteiger partial charge >= 0.3 is 0 Å². The zero-order chi connectivity index (χ0) is 26.1. The molecule has 0 spiro atoms. The molecular formula is C28H37N5O2. The van der Waals surface area contributed by atoms with Crippen molar-refractivity contribution in [1.29, 1.82) is 5.26 Å². The molecule has 0 unspecified atom stereocenters. The van der Waals surface area contributed by atoms with Crippen molar-refractivity contribution in [3.63, 3.8) is 0 Å². The third kappa shape index (κ3) is 6.48. The third-order valence-electron chi connectivity index (χ3n) is 5.19. The van der Waals surface area contributed by atoms with Crippen molar-refractivity contribution in [2.24, 2.45) is 0 Å². The highest BCUT2D eigenvalue weighted by Crippen LogP contribution is 2.29. The average molecular weight is 476 g/mol. The number of carbonyl (C=O) groups is 1. The summed E-state index contributed by atoms with van der Waals surface area (Å²) < 4.78 is 7.66. The van der Waals surface area contributed by atoms with Crippen LogP contribution >= 0.6 is 0 Å². The Bertz CT molecular complexity index is 1150. The fraction of sp³-hybridized carbons (Fsp3) is 0.429. The summed E-state index contributed by atoms with van der Waals surface area (Å²) in [5.41, 5.74) is 4.69. The van der Waals surface area contributed by atoms with Crippen LogP contribution in [0.3, 0.4) is 0 Å². The lowest BCUT2D eigenvalue weighted by molar-refractivity contribution is 0.0743. The smallest absolute Gasteiger partial charge is 0.258 e. The lowest BCUT2D eigenvalue weighted by Gasteiger charge is -2.19. The van der Waals surface area contributed by atoms with E-state index in [1.54, 1.807) is 29.3 Å². The highest BCUT2D eigenvalue weighted by atomic mass is 16.5. The van der Waals surface area contributed by atoms with Crippen molar-refractivity contribution >= 4 is 5.91 Å². The minimum atomic E-state index is -0.164. The largest absolute Gasteiger partial charge is 0.490 e. The first-order valence-electron chi connectivity index (χ1n) is 12.4. The number of rotatable bonds is 5. The normalized spacial score (nSPS) is 11.7. The Balaban J connectivity index is 0.00000103. The number of hydrogen-bond acceptors (Lipinski definition) is 5. The molecule has 0 saturated heterocycles. The highest BCUT2D eigenvalue weighted by molar-refractivity contribution is 5.97. The summed E-state index contributed by atoms with van der Waals surface area (Å²) in [5.74, 6) is 0.664. The number of carbonyl (C=O) groups excluding carboxylic acids is 1. The number of pyridine rings is 1. The standard InChI is InChI=1S/C24H25N5O2.2C2H6/c1-15(2)21-10-19(7-8-26-21)29-13-18-12-28(14-22(18)27-29)24(30)20-9-17(11-25)5-6-23(20)31-16(3)4;2*1-2/h5-10,13,15-16H,12,14H2,1-4H3;2*1-2H3. The predicted molar refractivity (Wildman–Crippen MR) is 139 cm³/mol. The molecule has 0 aliphatic carbocycles. The van der Waals surface area contributed by atoms with Gasteiger partial charge in [-0.05, 0) is 50.1 Å². The van der Waals surface area contributed by atoms with Crippen LogP contribution in [0.4, 0.5) is 0 Å². The first-order chi connectivity index (χ1) is 16.9. The molecule has 1 amide bonds. The van der Waals surface area contributed by atoms with Crippen molar-refractivity contribution in [2.45, 2.75) is 80.5 Å². The van der Waals surface area contributed by atoms with E-state index < -0.39 is 0 Å². The van der Waals surface area contributed by atoms with Gasteiger partial charge in [-0.1, -0.05) is 41.5 Å². The van der Waals surface area contributed by atoms with Crippen LogP contribution in [0.25, 0.3) is 5.69 Å². The molecule has 0 fully saturated rings. The second-order valence-corrected chi connectivity index (χ2v) is 8.29. The van der Waals surface area contributed by atoms with Crippen molar-refractivity contribution in [1.82, 2.24) is 19.7 Å². The van der Waals surface area contributed by atoms with Crippen molar-refractivity contribution < 1.29 is 9.53 Å². The maximum absolute atomic E-state index is 13.3. The molecule has 0 N–H and O–H groups in total. The topological polar surface area (TPSA) is 84.0 Å². The molecule has 35 heavy (non-hydrogen) atoms. The molecule has 7 heteroatoms. The monoisotopic (exact) mass is 475 g/mol. The van der Waals surface area contributed by atoms with Gasteiger partial charge in [0.25, 0.3) is 5.91 Å². The zero-order valence-corrected chi connectivity index (χ0v) is 22.2. The quantitative estimate of drug-likeness (QED) is 0.435. The van der Waals surface area contributed by atoms with E-state index in [0.717, 1.165) is 22.6 Å². The second-order valence-electron chi connectivity index (χ2n) is 8.29. The molecule has 1 aliphatic rings. The number of hydrogen-bond donors (Lipinski definition) is 0. The number of nitriles is 1. The summed E-state index contributed by atoms with van der Waals surface area (Å²) in [6.45, 7) is 16.9. The SMILES string of the molecule is CC.CC.CC(C)Oc1ccc(C#N)cc1C(=O)N1Cc2cn(-c3ccnc(C(C)C)c3)nc2C1. The van der Waals surface area contributed by atoms with Gasteiger partial charge in [0.15, 0.2) is 0 Å². The maximum Gasteiger partial charge on any atom is 0.258 e. The molecule has 0 bridgehead atoms. The average Bonchev–Trinajstić information content (AvgIpc) is 3.46. The van der Waals surface area contributed by atoms with Crippen LogP contribution in [0.1, 0.15) is 94.2 Å². The summed E-state index contributed by atoms with van der Waals surface area (Å²) in [4.78, 5) is 19.4. The molecule has 2 aromatic heterocycles. The van der Waals surface area contributed by atoms with E-state index in [9.17, 15) is 10.1 Å². The Morgan fingerprint density at radius 3 is 2.37 bits per heavy atom. The first-order valence-corrected chi connectivity index (χ1v) is 12.4. The molecule has 1 aromatic carbocycles. The number of nitrogens with zero attached hydrogens (tertiary/aromatic N) is 5. The van der Waals surface area contributed by atoms with Gasteiger partial charge in [-0.15, -0.1) is 0 Å². The Kier molecular flexibility index (Phi) is 10.0. The van der Waals surface area contributed by atoms with Crippen LogP contribution in [-0.4, -0.2) is 31.7 Å². The van der Waals surface area contributed by atoms with Crippen LogP contribution in [0.2, 0.25) is 0 Å². The zero-order valence-electron chi connectivity index (χ0n) is 22.2. The van der Waals surface area contributed by atoms with E-state index in [2.05, 4.69) is 24.9 Å². The minimum absolute atomic E-state index is 0.0748. The molecule has 0 radical (unpaired) electrons. The van der Waals surface area contributed by atoms with Gasteiger partial charge in [-0.2, -0.15) is 10.4 Å². The van der Waals surface area contributed by atoms with Crippen molar-refractivity contribution in [3.8, 4) is 17.5 Å². The summed E-state index contributed by atoms with van der Waals surface area (Å²) in [7, 11) is 0. The Labute approximate surface area is 209 Å². The Morgan fingerprint density at radius 1 is 1.06 bits per heavy atom. The van der Waals surface area contributed by atoms with Crippen molar-refractivity contribution in [2.75, 3.05) is 0 Å². The van der Waals surface area contributed by atoms with Crippen LogP contribution in [-0.2, 0) is 13.1 Å². The van der Waals surface area contributed by atoms with Crippen LogP contribution in [0.5, 0.6) is 5.75 Å². The van der Waals surface area contributed by atoms with Gasteiger partial charge < -0.3 is 9.64 Å². The lowest BCUT2D eigenvalue weighted by atomic mass is 10.1. The number of ether oxygens (including phenoxy) is 1. The molecule has 0 atom stereocenters. The van der Waals surface area contributed by atoms with Crippen LogP contribution < -0.4 is 4.74 Å². The molecule has 4 rings (SSSR count). The Morgan fingerprint density at radius 2 is 1.77 bits per heavy atom. The molecular weight excluding hydrogens is 438 g/mol. The van der Waals surface area contributed by atoms with E-state index in [1.807, 2.05) is 64.6 Å². The van der Waals surface area contributed by atoms with Crippen LogP contribution in [0, 0.1) is 11.3 Å². The number of benzene rings is 1. The van der Waals surface area contributed by atoms with Gasteiger partial charge in [0.05, 0.1) is 41.2 Å². The first kappa shape index (κ1) is 27.6. The fourth-order valence-corrected chi connectivity index (χ4v) is 3.62. The van der Waals surface area contributed by atoms with E-state index in [4.69, 9.17) is 9.84 Å². The summed E-state index contributed by atoms with van der Waals surface area (Å²) >= 11 is 0. The molecule has 186 valence electrons. The highest BCUT2D eigenvalue weighted by Gasteiger charge is 2.29. The summed E-state index contributed by atoms with van der Waals surface area (Å²) in [5, 5.41) is 14.0.